The van der Waals surface area contributed by atoms with Gasteiger partial charge < -0.3 is 9.64 Å². The Morgan fingerprint density at radius 2 is 1.86 bits per heavy atom. The van der Waals surface area contributed by atoms with Crippen LogP contribution in [0.4, 0.5) is 8.78 Å². The van der Waals surface area contributed by atoms with Crippen LogP contribution in [0.15, 0.2) is 72.5 Å². The summed E-state index contributed by atoms with van der Waals surface area (Å²) in [5.41, 5.74) is 1.89. The van der Waals surface area contributed by atoms with Crippen molar-refractivity contribution >= 4 is 11.9 Å². The molecule has 1 amide bonds. The highest BCUT2D eigenvalue weighted by Crippen LogP contribution is 2.37. The number of carbonyl (C=O) groups is 2. The molecule has 0 radical (unpaired) electrons. The van der Waals surface area contributed by atoms with E-state index in [2.05, 4.69) is 6.58 Å². The highest BCUT2D eigenvalue weighted by Gasteiger charge is 2.36. The average Bonchev–Trinajstić information content (AvgIpc) is 2.69. The first kappa shape index (κ1) is 20.5. The minimum Gasteiger partial charge on any atom is -0.458 e. The molecule has 0 bridgehead atoms. The minimum absolute atomic E-state index is 0.0418. The number of ether oxygens (including phenoxy) is 1. The topological polar surface area (TPSA) is 46.6 Å². The van der Waals surface area contributed by atoms with Gasteiger partial charge in [0.05, 0.1) is 12.1 Å². The highest BCUT2D eigenvalue weighted by atomic mass is 19.1. The van der Waals surface area contributed by atoms with Crippen LogP contribution >= 0.6 is 0 Å². The molecule has 1 aliphatic rings. The van der Waals surface area contributed by atoms with Crippen LogP contribution < -0.4 is 0 Å². The first-order valence-electron chi connectivity index (χ1n) is 9.19. The lowest BCUT2D eigenvalue weighted by Gasteiger charge is -2.34. The molecule has 0 N–H and O–H groups in total. The fraction of sp³-hybridized carbons (Fsp3) is 0.217. The van der Waals surface area contributed by atoms with Crippen LogP contribution in [0.2, 0.25) is 0 Å². The summed E-state index contributed by atoms with van der Waals surface area (Å²) >= 11 is 0. The molecule has 0 spiro atoms. The first-order valence-corrected chi connectivity index (χ1v) is 9.19. The van der Waals surface area contributed by atoms with Gasteiger partial charge in [-0.2, -0.15) is 0 Å². The fourth-order valence-corrected chi connectivity index (χ4v) is 3.54. The third-order valence-corrected chi connectivity index (χ3v) is 4.84. The number of benzene rings is 2. The molecule has 4 nitrogen and oxygen atoms in total. The molecular formula is C23H21F2NO3. The van der Waals surface area contributed by atoms with E-state index in [-0.39, 0.29) is 25.5 Å². The smallest absolute Gasteiger partial charge is 0.336 e. The second-order valence-corrected chi connectivity index (χ2v) is 6.81. The largest absolute Gasteiger partial charge is 0.458 e. The summed E-state index contributed by atoms with van der Waals surface area (Å²) in [4.78, 5) is 27.0. The molecule has 3 rings (SSSR count). The number of halogens is 2. The molecule has 29 heavy (non-hydrogen) atoms. The van der Waals surface area contributed by atoms with Crippen molar-refractivity contribution in [2.24, 2.45) is 0 Å². The molecule has 0 unspecified atom stereocenters. The number of esters is 1. The van der Waals surface area contributed by atoms with Crippen LogP contribution in [0.3, 0.4) is 0 Å². The summed E-state index contributed by atoms with van der Waals surface area (Å²) in [7, 11) is 0. The third kappa shape index (κ3) is 4.59. The summed E-state index contributed by atoms with van der Waals surface area (Å²) in [6.07, 6.45) is 1.52. The lowest BCUT2D eigenvalue weighted by atomic mass is 9.83. The molecule has 0 fully saturated rings. The van der Waals surface area contributed by atoms with E-state index in [9.17, 15) is 18.4 Å². The van der Waals surface area contributed by atoms with Crippen molar-refractivity contribution in [3.63, 3.8) is 0 Å². The Morgan fingerprint density at radius 3 is 2.48 bits per heavy atom. The number of carbonyl (C=O) groups excluding carboxylic acids is 2. The van der Waals surface area contributed by atoms with Gasteiger partial charge in [0.25, 0.3) is 0 Å². The van der Waals surface area contributed by atoms with Crippen molar-refractivity contribution in [2.75, 3.05) is 6.61 Å². The maximum atomic E-state index is 13.6. The maximum Gasteiger partial charge on any atom is 0.336 e. The van der Waals surface area contributed by atoms with Crippen LogP contribution in [0.25, 0.3) is 0 Å². The van der Waals surface area contributed by atoms with Gasteiger partial charge in [-0.3, -0.25) is 4.79 Å². The third-order valence-electron chi connectivity index (χ3n) is 4.84. The molecule has 2 aromatic carbocycles. The number of nitrogens with zero attached hydrogens (tertiary/aromatic N) is 1. The number of allylic oxidation sites excluding steroid dienone is 1. The van der Waals surface area contributed by atoms with E-state index in [0.717, 1.165) is 11.6 Å². The Hall–Kier alpha value is -3.28. The zero-order valence-electron chi connectivity index (χ0n) is 16.0. The van der Waals surface area contributed by atoms with Gasteiger partial charge in [-0.05, 0) is 30.2 Å². The summed E-state index contributed by atoms with van der Waals surface area (Å²) in [5.74, 6) is -2.68. The normalized spacial score (nSPS) is 16.7. The quantitative estimate of drug-likeness (QED) is 0.533. The highest BCUT2D eigenvalue weighted by molar-refractivity contribution is 5.95. The Bertz CT molecular complexity index is 949. The van der Waals surface area contributed by atoms with E-state index < -0.39 is 23.5 Å². The zero-order chi connectivity index (χ0) is 21.0. The number of hydrogen-bond acceptors (Lipinski definition) is 3. The SMILES string of the molecule is C=CCOC(=O)C1=C(C)N(Cc2cc(F)cc(F)c2)C(=O)C[C@@H]1c1ccccc1. The van der Waals surface area contributed by atoms with Gasteiger partial charge in [-0.1, -0.05) is 43.0 Å². The number of amides is 1. The summed E-state index contributed by atoms with van der Waals surface area (Å²) in [6.45, 7) is 5.19. The van der Waals surface area contributed by atoms with Gasteiger partial charge in [0.15, 0.2) is 0 Å². The lowest BCUT2D eigenvalue weighted by molar-refractivity contribution is -0.139. The van der Waals surface area contributed by atoms with Crippen molar-refractivity contribution in [3.8, 4) is 0 Å². The monoisotopic (exact) mass is 397 g/mol. The predicted molar refractivity (Wildman–Crippen MR) is 105 cm³/mol. The molecule has 0 aliphatic carbocycles. The Labute approximate surface area is 168 Å². The van der Waals surface area contributed by atoms with Crippen molar-refractivity contribution in [3.05, 3.63) is 95.2 Å². The predicted octanol–water partition coefficient (Wildman–Crippen LogP) is 4.48. The summed E-state index contributed by atoms with van der Waals surface area (Å²) in [6, 6.07) is 12.3. The van der Waals surface area contributed by atoms with E-state index in [1.165, 1.54) is 23.1 Å². The standard InChI is InChI=1S/C23H21F2NO3/c1-3-9-29-23(28)22-15(2)26(14-16-10-18(24)12-19(25)11-16)21(27)13-20(22)17-7-5-4-6-8-17/h3-8,10-12,20H,1,9,13-14H2,2H3/t20-/m1/s1. The van der Waals surface area contributed by atoms with Gasteiger partial charge in [-0.25, -0.2) is 13.6 Å². The average molecular weight is 397 g/mol. The van der Waals surface area contributed by atoms with Crippen LogP contribution in [0.1, 0.15) is 30.4 Å². The number of hydrogen-bond donors (Lipinski definition) is 0. The van der Waals surface area contributed by atoms with Crippen molar-refractivity contribution in [2.45, 2.75) is 25.8 Å². The molecule has 1 heterocycles. The molecule has 0 aromatic heterocycles. The van der Waals surface area contributed by atoms with Gasteiger partial charge in [0, 0.05) is 24.1 Å². The molecule has 0 saturated carbocycles. The lowest BCUT2D eigenvalue weighted by Crippen LogP contribution is -2.38. The minimum atomic E-state index is -0.723. The first-order chi connectivity index (χ1) is 13.9. The molecule has 6 heteroatoms. The van der Waals surface area contributed by atoms with E-state index >= 15 is 0 Å². The molecule has 1 atom stereocenters. The van der Waals surface area contributed by atoms with Crippen LogP contribution in [-0.2, 0) is 20.9 Å². The van der Waals surface area contributed by atoms with Crippen molar-refractivity contribution in [1.82, 2.24) is 4.90 Å². The van der Waals surface area contributed by atoms with Gasteiger partial charge >= 0.3 is 5.97 Å². The molecule has 1 aliphatic heterocycles. The van der Waals surface area contributed by atoms with Crippen LogP contribution in [0.5, 0.6) is 0 Å². The maximum absolute atomic E-state index is 13.6. The summed E-state index contributed by atoms with van der Waals surface area (Å²) < 4.78 is 32.4. The van der Waals surface area contributed by atoms with E-state index in [0.29, 0.717) is 16.8 Å². The van der Waals surface area contributed by atoms with Crippen molar-refractivity contribution in [1.29, 1.82) is 0 Å². The summed E-state index contributed by atoms with van der Waals surface area (Å²) in [5, 5.41) is 0. The molecule has 2 aromatic rings. The van der Waals surface area contributed by atoms with Crippen LogP contribution in [-0.4, -0.2) is 23.4 Å². The molecule has 0 saturated heterocycles. The van der Waals surface area contributed by atoms with Gasteiger partial charge in [0.2, 0.25) is 5.91 Å². The molecule has 150 valence electrons. The Balaban J connectivity index is 2.02. The number of rotatable bonds is 6. The fourth-order valence-electron chi connectivity index (χ4n) is 3.54. The second kappa shape index (κ2) is 8.82. The van der Waals surface area contributed by atoms with Gasteiger partial charge in [-0.15, -0.1) is 0 Å². The van der Waals surface area contributed by atoms with E-state index in [4.69, 9.17) is 4.74 Å². The zero-order valence-corrected chi connectivity index (χ0v) is 16.0. The second-order valence-electron chi connectivity index (χ2n) is 6.81. The molecular weight excluding hydrogens is 376 g/mol. The Kier molecular flexibility index (Phi) is 6.22. The Morgan fingerprint density at radius 1 is 1.21 bits per heavy atom. The van der Waals surface area contributed by atoms with Crippen molar-refractivity contribution < 1.29 is 23.1 Å². The van der Waals surface area contributed by atoms with E-state index in [1.54, 1.807) is 6.92 Å². The van der Waals surface area contributed by atoms with Gasteiger partial charge in [0.1, 0.15) is 18.2 Å². The van der Waals surface area contributed by atoms with E-state index in [1.807, 2.05) is 30.3 Å². The van der Waals surface area contributed by atoms with Crippen LogP contribution in [0, 0.1) is 11.6 Å².